The lowest BCUT2D eigenvalue weighted by Crippen LogP contribution is -2.33. The fraction of sp³-hybridized carbons (Fsp3) is 0.200. The summed E-state index contributed by atoms with van der Waals surface area (Å²) in [5, 5.41) is 2.37. The van der Waals surface area contributed by atoms with Crippen LogP contribution in [-0.4, -0.2) is 10.9 Å². The van der Waals surface area contributed by atoms with Gasteiger partial charge in [-0.3, -0.25) is 9.59 Å². The Labute approximate surface area is 157 Å². The number of hydrogen-bond acceptors (Lipinski definition) is 2. The smallest absolute Gasteiger partial charge is 0.252 e. The second-order valence-electron chi connectivity index (χ2n) is 6.49. The summed E-state index contributed by atoms with van der Waals surface area (Å²) in [5.74, 6) is -5.43. The molecule has 0 unspecified atom stereocenters. The van der Waals surface area contributed by atoms with Crippen LogP contribution >= 0.6 is 0 Å². The predicted molar refractivity (Wildman–Crippen MR) is 95.8 cm³/mol. The highest BCUT2D eigenvalue weighted by Crippen LogP contribution is 2.23. The van der Waals surface area contributed by atoms with E-state index in [1.54, 1.807) is 0 Å². The van der Waals surface area contributed by atoms with Crippen molar-refractivity contribution in [1.82, 2.24) is 10.3 Å². The van der Waals surface area contributed by atoms with Crippen LogP contribution in [0.2, 0.25) is 0 Å². The number of amides is 1. The van der Waals surface area contributed by atoms with Crippen LogP contribution in [0.15, 0.2) is 41.2 Å². The predicted octanol–water partition coefficient (Wildman–Crippen LogP) is 4.07. The zero-order valence-electron chi connectivity index (χ0n) is 14.9. The van der Waals surface area contributed by atoms with Gasteiger partial charge in [0, 0.05) is 22.6 Å². The van der Waals surface area contributed by atoms with Gasteiger partial charge in [-0.15, -0.1) is 0 Å². The molecule has 1 amide bonds. The molecular formula is C20H16F4N2O2. The van der Waals surface area contributed by atoms with Gasteiger partial charge in [-0.2, -0.15) is 0 Å². The maximum atomic E-state index is 14.0. The first-order valence-corrected chi connectivity index (χ1v) is 8.45. The molecule has 0 saturated carbocycles. The number of aromatic amines is 1. The summed E-state index contributed by atoms with van der Waals surface area (Å²) < 4.78 is 54.4. The first-order valence-electron chi connectivity index (χ1n) is 8.45. The Morgan fingerprint density at radius 1 is 0.964 bits per heavy atom. The first-order chi connectivity index (χ1) is 13.2. The largest absolute Gasteiger partial charge is 0.349 e. The summed E-state index contributed by atoms with van der Waals surface area (Å²) in [6, 6.07) is 5.42. The van der Waals surface area contributed by atoms with E-state index < -0.39 is 46.7 Å². The molecule has 0 saturated heterocycles. The Kier molecular flexibility index (Phi) is 5.22. The number of halogens is 4. The number of carbonyl (C=O) groups is 1. The second-order valence-corrected chi connectivity index (χ2v) is 6.49. The van der Waals surface area contributed by atoms with Crippen molar-refractivity contribution in [3.05, 3.63) is 81.1 Å². The van der Waals surface area contributed by atoms with Gasteiger partial charge in [0.15, 0.2) is 11.6 Å². The Morgan fingerprint density at radius 2 is 1.68 bits per heavy atom. The van der Waals surface area contributed by atoms with Crippen LogP contribution in [0.1, 0.15) is 36.9 Å². The topological polar surface area (TPSA) is 62.0 Å². The molecule has 0 bridgehead atoms. The van der Waals surface area contributed by atoms with Crippen molar-refractivity contribution < 1.29 is 22.4 Å². The molecule has 146 valence electrons. The quantitative estimate of drug-likeness (QED) is 0.658. The Morgan fingerprint density at radius 3 is 2.36 bits per heavy atom. The minimum absolute atomic E-state index is 0.0683. The molecule has 2 aromatic carbocycles. The first kappa shape index (κ1) is 19.6. The molecule has 1 aromatic heterocycles. The second kappa shape index (κ2) is 7.46. The van der Waals surface area contributed by atoms with Crippen molar-refractivity contribution in [2.24, 2.45) is 0 Å². The molecule has 1 heterocycles. The molecule has 2 N–H and O–H groups in total. The van der Waals surface area contributed by atoms with Crippen molar-refractivity contribution in [2.45, 2.75) is 25.8 Å². The molecule has 3 aromatic rings. The third-order valence-electron chi connectivity index (χ3n) is 4.59. The number of aromatic nitrogens is 1. The molecule has 4 nitrogen and oxygen atoms in total. The van der Waals surface area contributed by atoms with Gasteiger partial charge in [0.1, 0.15) is 11.6 Å². The van der Waals surface area contributed by atoms with Crippen molar-refractivity contribution in [2.75, 3.05) is 0 Å². The number of rotatable bonds is 4. The van der Waals surface area contributed by atoms with Gasteiger partial charge in [-0.05, 0) is 38.1 Å². The number of carbonyl (C=O) groups excluding carboxylic acids is 1. The molecule has 0 aliphatic rings. The Bertz CT molecular complexity index is 1130. The Balaban J connectivity index is 1.89. The van der Waals surface area contributed by atoms with Gasteiger partial charge < -0.3 is 10.3 Å². The number of H-pyrrole nitrogens is 1. The zero-order valence-corrected chi connectivity index (χ0v) is 14.9. The van der Waals surface area contributed by atoms with Gasteiger partial charge in [-0.25, -0.2) is 17.6 Å². The summed E-state index contributed by atoms with van der Waals surface area (Å²) in [6.07, 6.45) is 0. The van der Waals surface area contributed by atoms with Gasteiger partial charge in [0.05, 0.1) is 17.5 Å². The third kappa shape index (κ3) is 3.62. The van der Waals surface area contributed by atoms with Gasteiger partial charge in [0.2, 0.25) is 5.91 Å². The van der Waals surface area contributed by atoms with Crippen LogP contribution < -0.4 is 10.9 Å². The molecule has 8 heteroatoms. The van der Waals surface area contributed by atoms with Crippen molar-refractivity contribution in [3.8, 4) is 0 Å². The van der Waals surface area contributed by atoms with E-state index in [2.05, 4.69) is 10.3 Å². The lowest BCUT2D eigenvalue weighted by atomic mass is 9.98. The van der Waals surface area contributed by atoms with E-state index in [-0.39, 0.29) is 22.0 Å². The van der Waals surface area contributed by atoms with E-state index in [0.29, 0.717) is 6.07 Å². The van der Waals surface area contributed by atoms with E-state index in [4.69, 9.17) is 0 Å². The molecule has 0 aliphatic heterocycles. The van der Waals surface area contributed by atoms with Gasteiger partial charge in [-0.1, -0.05) is 6.07 Å². The van der Waals surface area contributed by atoms with Crippen LogP contribution in [-0.2, 0) is 4.79 Å². The van der Waals surface area contributed by atoms with E-state index in [1.807, 2.05) is 0 Å². The number of benzene rings is 2. The van der Waals surface area contributed by atoms with E-state index in [0.717, 1.165) is 18.2 Å². The maximum absolute atomic E-state index is 14.0. The van der Waals surface area contributed by atoms with E-state index in [1.165, 1.54) is 26.0 Å². The summed E-state index contributed by atoms with van der Waals surface area (Å²) in [4.78, 5) is 27.2. The molecule has 28 heavy (non-hydrogen) atoms. The molecule has 0 spiro atoms. The summed E-state index contributed by atoms with van der Waals surface area (Å²) >= 11 is 0. The van der Waals surface area contributed by atoms with Crippen LogP contribution in [0, 0.1) is 23.3 Å². The summed E-state index contributed by atoms with van der Waals surface area (Å²) in [5.41, 5.74) is -0.521. The molecule has 0 fully saturated rings. The molecule has 0 aliphatic carbocycles. The lowest BCUT2D eigenvalue weighted by molar-refractivity contribution is -0.122. The Hall–Kier alpha value is -3.16. The highest BCUT2D eigenvalue weighted by molar-refractivity contribution is 5.86. The average molecular weight is 392 g/mol. The van der Waals surface area contributed by atoms with Gasteiger partial charge in [0.25, 0.3) is 5.56 Å². The highest BCUT2D eigenvalue weighted by Gasteiger charge is 2.23. The number of hydrogen-bond donors (Lipinski definition) is 2. The minimum atomic E-state index is -1.13. The maximum Gasteiger partial charge on any atom is 0.252 e. The van der Waals surface area contributed by atoms with Crippen molar-refractivity contribution >= 4 is 16.8 Å². The number of fused-ring (bicyclic) bond motifs is 1. The molecule has 3 rings (SSSR count). The summed E-state index contributed by atoms with van der Waals surface area (Å²) in [6.45, 7) is 2.91. The third-order valence-corrected chi connectivity index (χ3v) is 4.59. The number of pyridine rings is 1. The number of nitrogens with one attached hydrogen (secondary N) is 2. The monoisotopic (exact) mass is 392 g/mol. The SMILES string of the molecule is C[C@H](NC(=O)[C@@H](C)c1cc2c(F)c(F)ccc2[nH]c1=O)c1ccc(F)cc1F. The standard InChI is InChI=1S/C20H16F4N2O2/c1-9(19(27)25-10(2)12-4-3-11(21)7-16(12)23)13-8-14-17(26-20(13)28)6-5-15(22)18(14)24/h3-10H,1-2H3,(H,25,27)(H,26,28)/t9-,10-/m0/s1. The van der Waals surface area contributed by atoms with E-state index in [9.17, 15) is 27.2 Å². The highest BCUT2D eigenvalue weighted by atomic mass is 19.2. The molecular weight excluding hydrogens is 376 g/mol. The fourth-order valence-electron chi connectivity index (χ4n) is 2.96. The summed E-state index contributed by atoms with van der Waals surface area (Å²) in [7, 11) is 0. The molecule has 0 radical (unpaired) electrons. The average Bonchev–Trinajstić information content (AvgIpc) is 2.63. The van der Waals surface area contributed by atoms with Crippen molar-refractivity contribution in [1.29, 1.82) is 0 Å². The van der Waals surface area contributed by atoms with E-state index >= 15 is 0 Å². The van der Waals surface area contributed by atoms with Crippen molar-refractivity contribution in [3.63, 3.8) is 0 Å². The normalized spacial score (nSPS) is 13.4. The van der Waals surface area contributed by atoms with Crippen LogP contribution in [0.25, 0.3) is 10.9 Å². The fourth-order valence-corrected chi connectivity index (χ4v) is 2.96. The lowest BCUT2D eigenvalue weighted by Gasteiger charge is -2.18. The van der Waals surface area contributed by atoms with Crippen LogP contribution in [0.5, 0.6) is 0 Å². The van der Waals surface area contributed by atoms with Gasteiger partial charge >= 0.3 is 0 Å². The van der Waals surface area contributed by atoms with Crippen LogP contribution in [0.4, 0.5) is 17.6 Å². The zero-order chi connectivity index (χ0) is 20.6. The van der Waals surface area contributed by atoms with Crippen LogP contribution in [0.3, 0.4) is 0 Å². The minimum Gasteiger partial charge on any atom is -0.349 e. The molecule has 2 atom stereocenters.